The molecule has 2 aromatic rings. The van der Waals surface area contributed by atoms with Gasteiger partial charge in [-0.15, -0.1) is 0 Å². The number of halogens is 1. The number of amides is 1. The topological polar surface area (TPSA) is 74.3 Å². The molecule has 2 aromatic carbocycles. The lowest BCUT2D eigenvalue weighted by molar-refractivity contribution is -0.0863. The number of hydrogen-bond acceptors (Lipinski definition) is 6. The van der Waals surface area contributed by atoms with Crippen LogP contribution in [0.3, 0.4) is 0 Å². The summed E-state index contributed by atoms with van der Waals surface area (Å²) in [4.78, 5) is 26.1. The highest BCUT2D eigenvalue weighted by atomic mass is 19.1. The molecule has 9 heteroatoms. The van der Waals surface area contributed by atoms with Crippen molar-refractivity contribution in [3.63, 3.8) is 0 Å². The summed E-state index contributed by atoms with van der Waals surface area (Å²) in [6, 6.07) is 11.1. The fraction of sp³-hybridized carbons (Fsp3) is 0.481. The van der Waals surface area contributed by atoms with Crippen molar-refractivity contribution in [2.75, 3.05) is 13.1 Å². The Labute approximate surface area is 212 Å². The van der Waals surface area contributed by atoms with Crippen molar-refractivity contribution in [3.05, 3.63) is 59.4 Å². The van der Waals surface area contributed by atoms with Crippen molar-refractivity contribution in [2.24, 2.45) is 0 Å². The van der Waals surface area contributed by atoms with Gasteiger partial charge in [-0.2, -0.15) is 0 Å². The largest absolute Gasteiger partial charge is 0.495 e. The predicted octanol–water partition coefficient (Wildman–Crippen LogP) is 4.46. The molecule has 2 aliphatic heterocycles. The fourth-order valence-electron chi connectivity index (χ4n) is 4.21. The lowest BCUT2D eigenvalue weighted by Gasteiger charge is -2.49. The Bertz CT molecular complexity index is 1140. The molecule has 2 fully saturated rings. The van der Waals surface area contributed by atoms with Gasteiger partial charge < -0.3 is 18.8 Å². The molecule has 0 unspecified atom stereocenters. The second-order valence-electron chi connectivity index (χ2n) is 11.4. The molecule has 2 saturated heterocycles. The third kappa shape index (κ3) is 4.99. The molecule has 4 rings (SSSR count). The van der Waals surface area contributed by atoms with E-state index in [0.717, 1.165) is 6.29 Å². The van der Waals surface area contributed by atoms with Crippen molar-refractivity contribution in [2.45, 2.75) is 70.9 Å². The van der Waals surface area contributed by atoms with Gasteiger partial charge in [0, 0.05) is 5.56 Å². The number of likely N-dealkylation sites (tertiary alicyclic amines) is 1. The van der Waals surface area contributed by atoms with Gasteiger partial charge in [-0.25, -0.2) is 9.18 Å². The van der Waals surface area contributed by atoms with Crippen LogP contribution in [-0.2, 0) is 19.6 Å². The summed E-state index contributed by atoms with van der Waals surface area (Å²) in [5.41, 5.74) is -0.941. The molecule has 1 amide bonds. The first kappa shape index (κ1) is 26.2. The number of ether oxygens (including phenoxy) is 2. The molecule has 0 saturated carbocycles. The average Bonchev–Trinajstić information content (AvgIpc) is 2.96. The third-order valence-corrected chi connectivity index (χ3v) is 6.92. The summed E-state index contributed by atoms with van der Waals surface area (Å²) in [5, 5.41) is 0. The van der Waals surface area contributed by atoms with E-state index < -0.39 is 35.6 Å². The van der Waals surface area contributed by atoms with Crippen LogP contribution in [0.2, 0.25) is 0 Å². The second kappa shape index (κ2) is 8.89. The molecule has 2 aliphatic rings. The highest BCUT2D eigenvalue weighted by Gasteiger charge is 2.53. The van der Waals surface area contributed by atoms with Gasteiger partial charge in [0.15, 0.2) is 5.60 Å². The van der Waals surface area contributed by atoms with Crippen LogP contribution in [0.15, 0.2) is 42.5 Å². The fourth-order valence-corrected chi connectivity index (χ4v) is 4.21. The molecule has 192 valence electrons. The number of benzene rings is 2. The molecule has 0 spiro atoms. The molecule has 7 nitrogen and oxygen atoms in total. The molecular formula is C27H33BFNO6. The number of aldehydes is 1. The first-order valence-electron chi connectivity index (χ1n) is 12.0. The minimum atomic E-state index is -0.920. The van der Waals surface area contributed by atoms with E-state index in [0.29, 0.717) is 22.3 Å². The smallest absolute Gasteiger partial charge is 0.479 e. The van der Waals surface area contributed by atoms with Gasteiger partial charge in [0.05, 0.1) is 24.3 Å². The second-order valence-corrected chi connectivity index (χ2v) is 11.4. The van der Waals surface area contributed by atoms with E-state index in [-0.39, 0.29) is 18.9 Å². The average molecular weight is 497 g/mol. The SMILES string of the molecule is CC(C)(C)OC(=O)N1CC(Oc2ccc(B3OC(C)(C)C(C)(C)O3)c(C=O)c2)(c2ccc(F)cc2)C1. The number of nitrogens with zero attached hydrogens (tertiary/aromatic N) is 1. The van der Waals surface area contributed by atoms with Crippen molar-refractivity contribution >= 4 is 25.0 Å². The molecule has 0 N–H and O–H groups in total. The Morgan fingerprint density at radius 1 is 1.03 bits per heavy atom. The Kier molecular flexibility index (Phi) is 6.46. The molecule has 2 heterocycles. The van der Waals surface area contributed by atoms with Crippen LogP contribution < -0.4 is 10.2 Å². The zero-order valence-corrected chi connectivity index (χ0v) is 21.9. The van der Waals surface area contributed by atoms with E-state index in [2.05, 4.69) is 0 Å². The lowest BCUT2D eigenvalue weighted by atomic mass is 9.76. The van der Waals surface area contributed by atoms with Crippen molar-refractivity contribution in [3.8, 4) is 5.75 Å². The van der Waals surface area contributed by atoms with Gasteiger partial charge >= 0.3 is 13.2 Å². The van der Waals surface area contributed by atoms with Crippen molar-refractivity contribution in [1.29, 1.82) is 0 Å². The van der Waals surface area contributed by atoms with Gasteiger partial charge in [-0.1, -0.05) is 18.2 Å². The van der Waals surface area contributed by atoms with Crippen LogP contribution in [0.25, 0.3) is 0 Å². The first-order chi connectivity index (χ1) is 16.6. The summed E-state index contributed by atoms with van der Waals surface area (Å²) >= 11 is 0. The van der Waals surface area contributed by atoms with Gasteiger partial charge in [-0.3, -0.25) is 9.69 Å². The quantitative estimate of drug-likeness (QED) is 0.449. The lowest BCUT2D eigenvalue weighted by Crippen LogP contribution is -2.64. The molecule has 0 aliphatic carbocycles. The number of rotatable bonds is 5. The number of hydrogen-bond donors (Lipinski definition) is 0. The minimum Gasteiger partial charge on any atom is -0.479 e. The Balaban J connectivity index is 1.60. The van der Waals surface area contributed by atoms with Gasteiger partial charge in [0.2, 0.25) is 0 Å². The van der Waals surface area contributed by atoms with E-state index in [4.69, 9.17) is 18.8 Å². The third-order valence-electron chi connectivity index (χ3n) is 6.92. The van der Waals surface area contributed by atoms with Crippen LogP contribution >= 0.6 is 0 Å². The molecule has 0 bridgehead atoms. The zero-order valence-electron chi connectivity index (χ0n) is 21.9. The monoisotopic (exact) mass is 497 g/mol. The van der Waals surface area contributed by atoms with Crippen LogP contribution in [0, 0.1) is 5.82 Å². The predicted molar refractivity (Wildman–Crippen MR) is 134 cm³/mol. The Morgan fingerprint density at radius 3 is 2.14 bits per heavy atom. The molecule has 0 atom stereocenters. The van der Waals surface area contributed by atoms with Crippen LogP contribution in [0.5, 0.6) is 5.75 Å². The Hall–Kier alpha value is -2.91. The maximum atomic E-state index is 13.6. The number of carbonyl (C=O) groups excluding carboxylic acids is 2. The standard InChI is InChI=1S/C27H33BFNO6/c1-24(2,3)34-23(32)30-16-27(17-30,19-8-10-20(29)11-9-19)33-21-12-13-22(18(14-21)15-31)28-35-25(4,5)26(6,7)36-28/h8-15H,16-17H2,1-7H3. The van der Waals surface area contributed by atoms with Gasteiger partial charge in [-0.05, 0) is 83.8 Å². The van der Waals surface area contributed by atoms with Crippen LogP contribution in [-0.4, -0.2) is 54.3 Å². The van der Waals surface area contributed by atoms with E-state index in [9.17, 15) is 14.0 Å². The molecular weight excluding hydrogens is 464 g/mol. The first-order valence-corrected chi connectivity index (χ1v) is 12.0. The Morgan fingerprint density at radius 2 is 1.61 bits per heavy atom. The molecule has 36 heavy (non-hydrogen) atoms. The highest BCUT2D eigenvalue weighted by molar-refractivity contribution is 6.63. The summed E-state index contributed by atoms with van der Waals surface area (Å²) in [6.45, 7) is 13.6. The van der Waals surface area contributed by atoms with Crippen LogP contribution in [0.1, 0.15) is 64.4 Å². The van der Waals surface area contributed by atoms with Crippen LogP contribution in [0.4, 0.5) is 9.18 Å². The maximum absolute atomic E-state index is 13.6. The zero-order chi connectivity index (χ0) is 26.5. The van der Waals surface area contributed by atoms with Gasteiger partial charge in [0.25, 0.3) is 0 Å². The molecule has 0 radical (unpaired) electrons. The maximum Gasteiger partial charge on any atom is 0.495 e. The van der Waals surface area contributed by atoms with Gasteiger partial charge in [0.1, 0.15) is 23.5 Å². The summed E-state index contributed by atoms with van der Waals surface area (Å²) < 4.78 is 37.7. The highest BCUT2D eigenvalue weighted by Crippen LogP contribution is 2.39. The van der Waals surface area contributed by atoms with Crippen molar-refractivity contribution < 1.29 is 32.8 Å². The normalized spacial score (nSPS) is 20.0. The van der Waals surface area contributed by atoms with Crippen molar-refractivity contribution in [1.82, 2.24) is 4.90 Å². The number of carbonyl (C=O) groups is 2. The van der Waals surface area contributed by atoms with E-state index in [1.54, 1.807) is 51.1 Å². The summed E-state index contributed by atoms with van der Waals surface area (Å²) in [7, 11) is -0.693. The van der Waals surface area contributed by atoms with E-state index in [1.165, 1.54) is 17.0 Å². The van der Waals surface area contributed by atoms with E-state index >= 15 is 0 Å². The minimum absolute atomic E-state index is 0.211. The molecule has 0 aromatic heterocycles. The summed E-state index contributed by atoms with van der Waals surface area (Å²) in [5.74, 6) is 0.0674. The summed E-state index contributed by atoms with van der Waals surface area (Å²) in [6.07, 6.45) is 0.291. The van der Waals surface area contributed by atoms with E-state index in [1.807, 2.05) is 27.7 Å².